The molecule has 3 amide bonds. The number of hydrogen-bond donors (Lipinski definition) is 1. The second-order valence-corrected chi connectivity index (χ2v) is 5.82. The lowest BCUT2D eigenvalue weighted by Gasteiger charge is -2.16. The summed E-state index contributed by atoms with van der Waals surface area (Å²) in [4.78, 5) is 36.7. The smallest absolute Gasteiger partial charge is 0.329 e. The van der Waals surface area contributed by atoms with E-state index in [9.17, 15) is 14.4 Å². The van der Waals surface area contributed by atoms with Crippen molar-refractivity contribution in [3.63, 3.8) is 0 Å². The van der Waals surface area contributed by atoms with Crippen LogP contribution in [0.1, 0.15) is 25.0 Å². The van der Waals surface area contributed by atoms with Gasteiger partial charge in [0.2, 0.25) is 0 Å². The SMILES string of the molecule is C=CCc1cc(C=C2NC(=O)N(CC(=O)OC)C2=O)cc(OCC)c1OCC. The first kappa shape index (κ1) is 21.0. The summed E-state index contributed by atoms with van der Waals surface area (Å²) in [5, 5.41) is 2.47. The number of imide groups is 1. The van der Waals surface area contributed by atoms with Crippen molar-refractivity contribution in [3.05, 3.63) is 41.6 Å². The number of esters is 1. The topological polar surface area (TPSA) is 94.2 Å². The molecule has 0 radical (unpaired) electrons. The zero-order chi connectivity index (χ0) is 20.7. The Hall–Kier alpha value is -3.29. The van der Waals surface area contributed by atoms with Crippen LogP contribution in [0, 0.1) is 0 Å². The first-order valence-electron chi connectivity index (χ1n) is 8.89. The number of rotatable bonds is 9. The fourth-order valence-corrected chi connectivity index (χ4v) is 2.72. The van der Waals surface area contributed by atoms with Gasteiger partial charge >= 0.3 is 12.0 Å². The molecule has 1 aromatic rings. The van der Waals surface area contributed by atoms with E-state index in [1.54, 1.807) is 12.1 Å². The summed E-state index contributed by atoms with van der Waals surface area (Å²) in [6.07, 6.45) is 3.81. The highest BCUT2D eigenvalue weighted by atomic mass is 16.5. The predicted octanol–water partition coefficient (Wildman–Crippen LogP) is 2.28. The van der Waals surface area contributed by atoms with Crippen molar-refractivity contribution in [1.29, 1.82) is 0 Å². The van der Waals surface area contributed by atoms with Crippen LogP contribution in [0.15, 0.2) is 30.5 Å². The molecule has 1 N–H and O–H groups in total. The first-order chi connectivity index (χ1) is 13.4. The molecule has 0 aliphatic carbocycles. The van der Waals surface area contributed by atoms with Gasteiger partial charge in [0, 0.05) is 5.56 Å². The molecular weight excluding hydrogens is 364 g/mol. The minimum absolute atomic E-state index is 0.0602. The van der Waals surface area contributed by atoms with Gasteiger partial charge in [-0.25, -0.2) is 9.69 Å². The molecule has 0 aromatic heterocycles. The van der Waals surface area contributed by atoms with Crippen LogP contribution in [-0.4, -0.2) is 49.7 Å². The minimum Gasteiger partial charge on any atom is -0.490 e. The zero-order valence-corrected chi connectivity index (χ0v) is 16.2. The third-order valence-electron chi connectivity index (χ3n) is 3.90. The van der Waals surface area contributed by atoms with Crippen molar-refractivity contribution < 1.29 is 28.6 Å². The summed E-state index contributed by atoms with van der Waals surface area (Å²) in [7, 11) is 1.19. The number of allylic oxidation sites excluding steroid dienone is 1. The molecule has 28 heavy (non-hydrogen) atoms. The van der Waals surface area contributed by atoms with Gasteiger partial charge in [-0.2, -0.15) is 0 Å². The van der Waals surface area contributed by atoms with Gasteiger partial charge in [0.15, 0.2) is 11.5 Å². The molecule has 0 unspecified atom stereocenters. The average Bonchev–Trinajstić information content (AvgIpc) is 2.92. The molecule has 1 fully saturated rings. The Kier molecular flexibility index (Phi) is 7.20. The predicted molar refractivity (Wildman–Crippen MR) is 103 cm³/mol. The van der Waals surface area contributed by atoms with Crippen LogP contribution in [-0.2, 0) is 20.7 Å². The highest BCUT2D eigenvalue weighted by molar-refractivity contribution is 6.15. The van der Waals surface area contributed by atoms with Gasteiger partial charge in [-0.1, -0.05) is 6.08 Å². The van der Waals surface area contributed by atoms with E-state index in [1.165, 1.54) is 13.2 Å². The van der Waals surface area contributed by atoms with Crippen LogP contribution < -0.4 is 14.8 Å². The van der Waals surface area contributed by atoms with Gasteiger partial charge in [0.1, 0.15) is 12.2 Å². The molecule has 8 nitrogen and oxygen atoms in total. The normalized spacial score (nSPS) is 14.8. The van der Waals surface area contributed by atoms with Gasteiger partial charge in [0.25, 0.3) is 5.91 Å². The third-order valence-corrected chi connectivity index (χ3v) is 3.90. The molecule has 0 saturated carbocycles. The van der Waals surface area contributed by atoms with Gasteiger partial charge in [-0.3, -0.25) is 9.59 Å². The number of benzene rings is 1. The van der Waals surface area contributed by atoms with E-state index in [1.807, 2.05) is 19.9 Å². The lowest BCUT2D eigenvalue weighted by atomic mass is 10.0. The van der Waals surface area contributed by atoms with E-state index in [2.05, 4.69) is 16.6 Å². The van der Waals surface area contributed by atoms with Crippen molar-refractivity contribution in [1.82, 2.24) is 10.2 Å². The first-order valence-corrected chi connectivity index (χ1v) is 8.89. The van der Waals surface area contributed by atoms with Crippen LogP contribution in [0.25, 0.3) is 6.08 Å². The van der Waals surface area contributed by atoms with E-state index >= 15 is 0 Å². The summed E-state index contributed by atoms with van der Waals surface area (Å²) < 4.78 is 15.9. The number of hydrogen-bond acceptors (Lipinski definition) is 6. The Morgan fingerprint density at radius 3 is 2.54 bits per heavy atom. The van der Waals surface area contributed by atoms with E-state index in [0.29, 0.717) is 36.7 Å². The summed E-state index contributed by atoms with van der Waals surface area (Å²) in [5.41, 5.74) is 1.55. The number of nitrogens with zero attached hydrogens (tertiary/aromatic N) is 1. The number of carbonyl (C=O) groups is 3. The molecule has 1 aliphatic heterocycles. The maximum atomic E-state index is 12.5. The van der Waals surface area contributed by atoms with Crippen LogP contribution in [0.3, 0.4) is 0 Å². The fourth-order valence-electron chi connectivity index (χ4n) is 2.72. The van der Waals surface area contributed by atoms with E-state index in [4.69, 9.17) is 9.47 Å². The van der Waals surface area contributed by atoms with Gasteiger partial charge in [-0.05, 0) is 44.0 Å². The summed E-state index contributed by atoms with van der Waals surface area (Å²) in [6.45, 7) is 7.97. The summed E-state index contributed by atoms with van der Waals surface area (Å²) in [5.74, 6) is -0.121. The second-order valence-electron chi connectivity index (χ2n) is 5.82. The number of urea groups is 1. The van der Waals surface area contributed by atoms with E-state index in [-0.39, 0.29) is 5.70 Å². The average molecular weight is 388 g/mol. The van der Waals surface area contributed by atoms with Crippen molar-refractivity contribution in [2.75, 3.05) is 26.9 Å². The second kappa shape index (κ2) is 9.59. The molecule has 1 saturated heterocycles. The molecule has 2 rings (SSSR count). The van der Waals surface area contributed by atoms with Crippen molar-refractivity contribution in [2.24, 2.45) is 0 Å². The van der Waals surface area contributed by atoms with Gasteiger partial charge in [-0.15, -0.1) is 6.58 Å². The Morgan fingerprint density at radius 2 is 1.93 bits per heavy atom. The number of nitrogens with one attached hydrogen (secondary N) is 1. The van der Waals surface area contributed by atoms with E-state index < -0.39 is 24.5 Å². The van der Waals surface area contributed by atoms with Crippen molar-refractivity contribution >= 4 is 24.0 Å². The number of amides is 3. The Morgan fingerprint density at radius 1 is 1.21 bits per heavy atom. The molecule has 0 spiro atoms. The molecule has 0 bridgehead atoms. The monoisotopic (exact) mass is 388 g/mol. The standard InChI is InChI=1S/C20H24N2O6/c1-5-8-14-9-13(11-16(27-6-2)18(14)28-7-3)10-15-19(24)22(20(25)21-15)12-17(23)26-4/h5,9-11H,1,6-8,12H2,2-4H3,(H,21,25). The summed E-state index contributed by atoms with van der Waals surface area (Å²) >= 11 is 0. The van der Waals surface area contributed by atoms with Gasteiger partial charge < -0.3 is 19.5 Å². The molecule has 150 valence electrons. The maximum absolute atomic E-state index is 12.5. The summed E-state index contributed by atoms with van der Waals surface area (Å²) in [6, 6.07) is 2.89. The van der Waals surface area contributed by atoms with Crippen LogP contribution in [0.4, 0.5) is 4.79 Å². The van der Waals surface area contributed by atoms with Crippen molar-refractivity contribution in [3.8, 4) is 11.5 Å². The molecule has 1 aromatic carbocycles. The number of methoxy groups -OCH3 is 1. The molecule has 1 aliphatic rings. The van der Waals surface area contributed by atoms with Crippen LogP contribution >= 0.6 is 0 Å². The third kappa shape index (κ3) is 4.70. The molecule has 0 atom stereocenters. The molecular formula is C20H24N2O6. The Labute approximate surface area is 163 Å². The number of ether oxygens (including phenoxy) is 3. The Balaban J connectivity index is 2.41. The molecule has 8 heteroatoms. The largest absolute Gasteiger partial charge is 0.490 e. The van der Waals surface area contributed by atoms with E-state index in [0.717, 1.165) is 10.5 Å². The van der Waals surface area contributed by atoms with Crippen LogP contribution in [0.5, 0.6) is 11.5 Å². The quantitative estimate of drug-likeness (QED) is 0.302. The molecule has 1 heterocycles. The fraction of sp³-hybridized carbons (Fsp3) is 0.350. The van der Waals surface area contributed by atoms with Crippen molar-refractivity contribution in [2.45, 2.75) is 20.3 Å². The van der Waals surface area contributed by atoms with Crippen LogP contribution in [0.2, 0.25) is 0 Å². The highest BCUT2D eigenvalue weighted by Crippen LogP contribution is 2.34. The minimum atomic E-state index is -0.683. The maximum Gasteiger partial charge on any atom is 0.329 e. The highest BCUT2D eigenvalue weighted by Gasteiger charge is 2.35. The number of carbonyl (C=O) groups excluding carboxylic acids is 3. The Bertz CT molecular complexity index is 815. The lowest BCUT2D eigenvalue weighted by Crippen LogP contribution is -2.36. The lowest BCUT2D eigenvalue weighted by molar-refractivity contribution is -0.143. The van der Waals surface area contributed by atoms with Gasteiger partial charge in [0.05, 0.1) is 20.3 Å². The zero-order valence-electron chi connectivity index (χ0n) is 16.2.